The van der Waals surface area contributed by atoms with Gasteiger partial charge in [0.1, 0.15) is 18.9 Å². The molecule has 0 unspecified atom stereocenters. The molecule has 0 fully saturated rings. The molecule has 0 atom stereocenters. The summed E-state index contributed by atoms with van der Waals surface area (Å²) in [6.45, 7) is 6.16. The van der Waals surface area contributed by atoms with Crippen LogP contribution in [-0.2, 0) is 11.4 Å². The number of hydrogen-bond donors (Lipinski definition) is 1. The SMILES string of the molecule is CCCN(CC(=O)O)C(=O)c1cc(C)c(OCc2cccnc2)c(C)c1. The van der Waals surface area contributed by atoms with E-state index in [4.69, 9.17) is 9.84 Å². The molecule has 0 saturated heterocycles. The van der Waals surface area contributed by atoms with Crippen LogP contribution in [0.4, 0.5) is 0 Å². The first-order valence-corrected chi connectivity index (χ1v) is 8.56. The second kappa shape index (κ2) is 8.99. The highest BCUT2D eigenvalue weighted by Gasteiger charge is 2.19. The molecule has 0 aliphatic heterocycles. The molecular formula is C20H24N2O4. The van der Waals surface area contributed by atoms with Crippen LogP contribution >= 0.6 is 0 Å². The second-order valence-electron chi connectivity index (χ2n) is 6.21. The molecule has 1 amide bonds. The van der Waals surface area contributed by atoms with E-state index in [-0.39, 0.29) is 12.5 Å². The Kier molecular flexibility index (Phi) is 6.72. The molecule has 1 N–H and O–H groups in total. The van der Waals surface area contributed by atoms with Crippen molar-refractivity contribution in [3.8, 4) is 5.75 Å². The Bertz CT molecular complexity index is 752. The van der Waals surface area contributed by atoms with Crippen LogP contribution in [0.15, 0.2) is 36.7 Å². The molecule has 6 nitrogen and oxygen atoms in total. The quantitative estimate of drug-likeness (QED) is 0.785. The highest BCUT2D eigenvalue weighted by atomic mass is 16.5. The van der Waals surface area contributed by atoms with Gasteiger partial charge in [0.2, 0.25) is 0 Å². The molecule has 2 aromatic rings. The molecule has 0 saturated carbocycles. The zero-order chi connectivity index (χ0) is 19.1. The van der Waals surface area contributed by atoms with Gasteiger partial charge < -0.3 is 14.7 Å². The van der Waals surface area contributed by atoms with Gasteiger partial charge in [-0.2, -0.15) is 0 Å². The van der Waals surface area contributed by atoms with Crippen LogP contribution in [0.3, 0.4) is 0 Å². The molecule has 1 aromatic heterocycles. The van der Waals surface area contributed by atoms with Gasteiger partial charge in [0, 0.05) is 30.1 Å². The fourth-order valence-corrected chi connectivity index (χ4v) is 2.81. The lowest BCUT2D eigenvalue weighted by molar-refractivity contribution is -0.137. The Morgan fingerprint density at radius 3 is 2.46 bits per heavy atom. The van der Waals surface area contributed by atoms with E-state index in [1.807, 2.05) is 32.9 Å². The van der Waals surface area contributed by atoms with Crippen molar-refractivity contribution >= 4 is 11.9 Å². The molecule has 1 heterocycles. The third kappa shape index (κ3) is 5.05. The Balaban J connectivity index is 2.19. The summed E-state index contributed by atoms with van der Waals surface area (Å²) in [6.07, 6.45) is 4.15. The number of ether oxygens (including phenoxy) is 1. The summed E-state index contributed by atoms with van der Waals surface area (Å²) in [4.78, 5) is 29.1. The van der Waals surface area contributed by atoms with Crippen molar-refractivity contribution in [1.29, 1.82) is 0 Å². The molecule has 0 aliphatic rings. The van der Waals surface area contributed by atoms with Crippen molar-refractivity contribution in [3.05, 3.63) is 58.9 Å². The van der Waals surface area contributed by atoms with Gasteiger partial charge in [0.15, 0.2) is 0 Å². The van der Waals surface area contributed by atoms with Gasteiger partial charge in [0.05, 0.1) is 0 Å². The third-order valence-corrected chi connectivity index (χ3v) is 3.92. The molecule has 6 heteroatoms. The van der Waals surface area contributed by atoms with E-state index in [9.17, 15) is 9.59 Å². The van der Waals surface area contributed by atoms with Crippen LogP contribution in [0.1, 0.15) is 40.4 Å². The lowest BCUT2D eigenvalue weighted by atomic mass is 10.0. The topological polar surface area (TPSA) is 79.7 Å². The van der Waals surface area contributed by atoms with Crippen LogP contribution in [0, 0.1) is 13.8 Å². The summed E-state index contributed by atoms with van der Waals surface area (Å²) in [5, 5.41) is 9.02. The number of carboxylic acid groups (broad SMARTS) is 1. The molecule has 1 aromatic carbocycles. The fraction of sp³-hybridized carbons (Fsp3) is 0.350. The smallest absolute Gasteiger partial charge is 0.323 e. The average Bonchev–Trinajstić information content (AvgIpc) is 2.60. The zero-order valence-corrected chi connectivity index (χ0v) is 15.4. The van der Waals surface area contributed by atoms with Crippen LogP contribution in [0.5, 0.6) is 5.75 Å². The number of carbonyl (C=O) groups excluding carboxylic acids is 1. The predicted octanol–water partition coefficient (Wildman–Crippen LogP) is 3.21. The number of aryl methyl sites for hydroxylation is 2. The summed E-state index contributed by atoms with van der Waals surface area (Å²) < 4.78 is 5.90. The van der Waals surface area contributed by atoms with Crippen molar-refractivity contribution in [3.63, 3.8) is 0 Å². The molecule has 0 radical (unpaired) electrons. The lowest BCUT2D eigenvalue weighted by Gasteiger charge is -2.21. The Hall–Kier alpha value is -2.89. The van der Waals surface area contributed by atoms with Gasteiger partial charge in [-0.15, -0.1) is 0 Å². The predicted molar refractivity (Wildman–Crippen MR) is 98.3 cm³/mol. The summed E-state index contributed by atoms with van der Waals surface area (Å²) in [5.74, 6) is -0.568. The van der Waals surface area contributed by atoms with Crippen LogP contribution in [0.25, 0.3) is 0 Å². The minimum atomic E-state index is -1.02. The van der Waals surface area contributed by atoms with Crippen LogP contribution < -0.4 is 4.74 Å². The van der Waals surface area contributed by atoms with Gasteiger partial charge in [-0.25, -0.2) is 0 Å². The maximum Gasteiger partial charge on any atom is 0.323 e. The molecule has 0 aliphatic carbocycles. The number of pyridine rings is 1. The number of rotatable bonds is 8. The van der Waals surface area contributed by atoms with E-state index >= 15 is 0 Å². The summed E-state index contributed by atoms with van der Waals surface area (Å²) in [6, 6.07) is 7.28. The Morgan fingerprint density at radius 1 is 1.23 bits per heavy atom. The van der Waals surface area contributed by atoms with E-state index in [0.717, 1.165) is 22.4 Å². The first kappa shape index (κ1) is 19.4. The number of aromatic nitrogens is 1. The summed E-state index contributed by atoms with van der Waals surface area (Å²) >= 11 is 0. The van der Waals surface area contributed by atoms with E-state index in [2.05, 4.69) is 4.98 Å². The van der Waals surface area contributed by atoms with Gasteiger partial charge >= 0.3 is 5.97 Å². The van der Waals surface area contributed by atoms with E-state index in [1.165, 1.54) is 4.90 Å². The second-order valence-corrected chi connectivity index (χ2v) is 6.21. The maximum atomic E-state index is 12.7. The number of carboxylic acids is 1. The van der Waals surface area contributed by atoms with E-state index in [0.29, 0.717) is 25.1 Å². The van der Waals surface area contributed by atoms with Crippen molar-refractivity contribution in [1.82, 2.24) is 9.88 Å². The van der Waals surface area contributed by atoms with Crippen molar-refractivity contribution < 1.29 is 19.4 Å². The highest BCUT2D eigenvalue weighted by molar-refractivity contribution is 5.96. The van der Waals surface area contributed by atoms with E-state index < -0.39 is 5.97 Å². The number of amides is 1. The number of aliphatic carboxylic acids is 1. The monoisotopic (exact) mass is 356 g/mol. The fourth-order valence-electron chi connectivity index (χ4n) is 2.81. The molecule has 138 valence electrons. The van der Waals surface area contributed by atoms with Crippen molar-refractivity contribution in [2.75, 3.05) is 13.1 Å². The number of carbonyl (C=O) groups is 2. The third-order valence-electron chi connectivity index (χ3n) is 3.92. The summed E-state index contributed by atoms with van der Waals surface area (Å²) in [7, 11) is 0. The maximum absolute atomic E-state index is 12.7. The Labute approximate surface area is 153 Å². The first-order chi connectivity index (χ1) is 12.4. The minimum Gasteiger partial charge on any atom is -0.488 e. The minimum absolute atomic E-state index is 0.278. The molecule has 0 spiro atoms. The number of nitrogens with zero attached hydrogens (tertiary/aromatic N) is 2. The largest absolute Gasteiger partial charge is 0.488 e. The van der Waals surface area contributed by atoms with Crippen molar-refractivity contribution in [2.24, 2.45) is 0 Å². The zero-order valence-electron chi connectivity index (χ0n) is 15.4. The number of benzene rings is 1. The first-order valence-electron chi connectivity index (χ1n) is 8.56. The summed E-state index contributed by atoms with van der Waals surface area (Å²) in [5.41, 5.74) is 3.11. The van der Waals surface area contributed by atoms with Crippen LogP contribution in [0.2, 0.25) is 0 Å². The van der Waals surface area contributed by atoms with Gasteiger partial charge in [-0.3, -0.25) is 14.6 Å². The van der Waals surface area contributed by atoms with Gasteiger partial charge in [0.25, 0.3) is 5.91 Å². The van der Waals surface area contributed by atoms with E-state index in [1.54, 1.807) is 24.5 Å². The molecule has 26 heavy (non-hydrogen) atoms. The lowest BCUT2D eigenvalue weighted by Crippen LogP contribution is -2.36. The normalized spacial score (nSPS) is 10.4. The molecule has 0 bridgehead atoms. The average molecular weight is 356 g/mol. The van der Waals surface area contributed by atoms with Gasteiger partial charge in [-0.1, -0.05) is 13.0 Å². The Morgan fingerprint density at radius 2 is 1.92 bits per heavy atom. The highest BCUT2D eigenvalue weighted by Crippen LogP contribution is 2.26. The standard InChI is InChI=1S/C20H24N2O4/c1-4-8-22(12-18(23)24)20(25)17-9-14(2)19(15(3)10-17)26-13-16-6-5-7-21-11-16/h5-7,9-11H,4,8,12-13H2,1-3H3,(H,23,24). The van der Waals surface area contributed by atoms with Crippen LogP contribution in [-0.4, -0.2) is 40.0 Å². The number of hydrogen-bond acceptors (Lipinski definition) is 4. The molecular weight excluding hydrogens is 332 g/mol. The molecule has 2 rings (SSSR count). The van der Waals surface area contributed by atoms with Crippen molar-refractivity contribution in [2.45, 2.75) is 33.8 Å². The van der Waals surface area contributed by atoms with Gasteiger partial charge in [-0.05, 0) is 49.6 Å².